The van der Waals surface area contributed by atoms with Crippen LogP contribution in [0.5, 0.6) is 11.5 Å². The van der Waals surface area contributed by atoms with Gasteiger partial charge in [-0.25, -0.2) is 0 Å². The van der Waals surface area contributed by atoms with Gasteiger partial charge in [0.2, 0.25) is 5.91 Å². The largest absolute Gasteiger partial charge is 0.490 e. The Labute approximate surface area is 146 Å². The van der Waals surface area contributed by atoms with Crippen molar-refractivity contribution in [2.24, 2.45) is 11.7 Å². The SMILES string of the molecule is CCOc1cccc(CNC(=O)C2CCC(N)C2)c1OC(F)F.Cl. The molecule has 0 heterocycles. The molecule has 2 rings (SSSR count). The predicted molar refractivity (Wildman–Crippen MR) is 88.7 cm³/mol. The van der Waals surface area contributed by atoms with E-state index in [1.54, 1.807) is 25.1 Å². The van der Waals surface area contributed by atoms with Crippen LogP contribution >= 0.6 is 12.4 Å². The van der Waals surface area contributed by atoms with Crippen LogP contribution in [0.4, 0.5) is 8.78 Å². The van der Waals surface area contributed by atoms with Gasteiger partial charge in [0, 0.05) is 24.1 Å². The lowest BCUT2D eigenvalue weighted by Gasteiger charge is -2.16. The Hall–Kier alpha value is -1.60. The van der Waals surface area contributed by atoms with Crippen molar-refractivity contribution < 1.29 is 23.0 Å². The van der Waals surface area contributed by atoms with E-state index in [-0.39, 0.29) is 48.3 Å². The Kier molecular flexibility index (Phi) is 8.21. The van der Waals surface area contributed by atoms with Crippen LogP contribution in [0.1, 0.15) is 31.7 Å². The van der Waals surface area contributed by atoms with Crippen LogP contribution in [0, 0.1) is 5.92 Å². The highest BCUT2D eigenvalue weighted by Gasteiger charge is 2.27. The number of para-hydroxylation sites is 1. The van der Waals surface area contributed by atoms with Crippen molar-refractivity contribution in [2.75, 3.05) is 6.61 Å². The number of ether oxygens (including phenoxy) is 2. The molecule has 0 spiro atoms. The van der Waals surface area contributed by atoms with Crippen molar-refractivity contribution in [3.63, 3.8) is 0 Å². The van der Waals surface area contributed by atoms with Crippen LogP contribution in [0.2, 0.25) is 0 Å². The number of carbonyl (C=O) groups is 1. The molecule has 0 aliphatic heterocycles. The molecule has 0 saturated heterocycles. The molecule has 1 aliphatic carbocycles. The zero-order valence-electron chi connectivity index (χ0n) is 13.5. The summed E-state index contributed by atoms with van der Waals surface area (Å²) in [6.07, 6.45) is 2.25. The number of halogens is 3. The predicted octanol–water partition coefficient (Wildman–Crippen LogP) is 2.85. The number of rotatable bonds is 7. The third kappa shape index (κ3) is 5.49. The Bertz CT molecular complexity index is 546. The van der Waals surface area contributed by atoms with Crippen LogP contribution < -0.4 is 20.5 Å². The number of nitrogens with one attached hydrogen (secondary N) is 1. The number of hydrogen-bond donors (Lipinski definition) is 2. The van der Waals surface area contributed by atoms with Gasteiger partial charge in [0.05, 0.1) is 6.61 Å². The molecule has 3 N–H and O–H groups in total. The summed E-state index contributed by atoms with van der Waals surface area (Å²) >= 11 is 0. The molecule has 0 aromatic heterocycles. The van der Waals surface area contributed by atoms with Crippen LogP contribution in [0.25, 0.3) is 0 Å². The number of alkyl halides is 2. The van der Waals surface area contributed by atoms with Crippen molar-refractivity contribution >= 4 is 18.3 Å². The second-order valence-corrected chi connectivity index (χ2v) is 5.54. The maximum absolute atomic E-state index is 12.6. The van der Waals surface area contributed by atoms with Gasteiger partial charge in [-0.05, 0) is 32.3 Å². The van der Waals surface area contributed by atoms with Gasteiger partial charge in [-0.1, -0.05) is 12.1 Å². The van der Waals surface area contributed by atoms with E-state index in [1.165, 1.54) is 0 Å². The summed E-state index contributed by atoms with van der Waals surface area (Å²) in [5.74, 6) is -0.0162. The molecule has 0 bridgehead atoms. The number of amides is 1. The fraction of sp³-hybridized carbons (Fsp3) is 0.562. The van der Waals surface area contributed by atoms with E-state index in [0.717, 1.165) is 12.8 Å². The lowest BCUT2D eigenvalue weighted by Crippen LogP contribution is -2.30. The van der Waals surface area contributed by atoms with E-state index < -0.39 is 6.61 Å². The van der Waals surface area contributed by atoms with Crippen molar-refractivity contribution in [1.82, 2.24) is 5.32 Å². The summed E-state index contributed by atoms with van der Waals surface area (Å²) in [5, 5.41) is 2.77. The highest BCUT2D eigenvalue weighted by molar-refractivity contribution is 5.85. The second-order valence-electron chi connectivity index (χ2n) is 5.54. The Balaban J connectivity index is 0.00000288. The fourth-order valence-electron chi connectivity index (χ4n) is 2.77. The molecule has 1 aliphatic rings. The Morgan fingerprint density at radius 3 is 2.75 bits per heavy atom. The number of carbonyl (C=O) groups excluding carboxylic acids is 1. The summed E-state index contributed by atoms with van der Waals surface area (Å²) in [4.78, 5) is 12.1. The topological polar surface area (TPSA) is 73.6 Å². The number of benzene rings is 1. The molecular formula is C16H23ClF2N2O3. The van der Waals surface area contributed by atoms with E-state index in [1.807, 2.05) is 0 Å². The highest BCUT2D eigenvalue weighted by atomic mass is 35.5. The van der Waals surface area contributed by atoms with Gasteiger partial charge >= 0.3 is 6.61 Å². The normalized spacial score (nSPS) is 19.7. The third-order valence-corrected chi connectivity index (χ3v) is 3.86. The quantitative estimate of drug-likeness (QED) is 0.780. The molecule has 2 unspecified atom stereocenters. The number of nitrogens with two attached hydrogens (primary N) is 1. The first kappa shape index (κ1) is 20.4. The first-order chi connectivity index (χ1) is 11.0. The van der Waals surface area contributed by atoms with Gasteiger partial charge in [0.1, 0.15) is 0 Å². The minimum Gasteiger partial charge on any atom is -0.490 e. The molecule has 24 heavy (non-hydrogen) atoms. The van der Waals surface area contributed by atoms with E-state index in [0.29, 0.717) is 18.6 Å². The summed E-state index contributed by atoms with van der Waals surface area (Å²) < 4.78 is 35.1. The van der Waals surface area contributed by atoms with Crippen molar-refractivity contribution in [1.29, 1.82) is 0 Å². The summed E-state index contributed by atoms with van der Waals surface area (Å²) in [6.45, 7) is -0.772. The van der Waals surface area contributed by atoms with Gasteiger partial charge in [-0.3, -0.25) is 4.79 Å². The molecule has 0 radical (unpaired) electrons. The molecule has 5 nitrogen and oxygen atoms in total. The monoisotopic (exact) mass is 364 g/mol. The molecule has 2 atom stereocenters. The Morgan fingerprint density at radius 1 is 1.42 bits per heavy atom. The third-order valence-electron chi connectivity index (χ3n) is 3.86. The maximum Gasteiger partial charge on any atom is 0.387 e. The smallest absolute Gasteiger partial charge is 0.387 e. The van der Waals surface area contributed by atoms with Crippen molar-refractivity contribution in [2.45, 2.75) is 45.4 Å². The first-order valence-electron chi connectivity index (χ1n) is 7.74. The zero-order chi connectivity index (χ0) is 16.8. The van der Waals surface area contributed by atoms with Crippen LogP contribution in [0.3, 0.4) is 0 Å². The molecule has 1 aromatic carbocycles. The summed E-state index contributed by atoms with van der Waals surface area (Å²) in [5.41, 5.74) is 6.25. The van der Waals surface area contributed by atoms with Crippen LogP contribution in [0.15, 0.2) is 18.2 Å². The molecule has 136 valence electrons. The lowest BCUT2D eigenvalue weighted by atomic mass is 10.1. The minimum atomic E-state index is -2.96. The van der Waals surface area contributed by atoms with Crippen LogP contribution in [-0.4, -0.2) is 25.2 Å². The van der Waals surface area contributed by atoms with E-state index >= 15 is 0 Å². The average Bonchev–Trinajstić information content (AvgIpc) is 2.93. The van der Waals surface area contributed by atoms with E-state index in [9.17, 15) is 13.6 Å². The van der Waals surface area contributed by atoms with Crippen molar-refractivity contribution in [3.8, 4) is 11.5 Å². The van der Waals surface area contributed by atoms with Gasteiger partial charge in [0.15, 0.2) is 11.5 Å². The Morgan fingerprint density at radius 2 is 2.17 bits per heavy atom. The molecule has 1 aromatic rings. The molecule has 8 heteroatoms. The van der Waals surface area contributed by atoms with E-state index in [2.05, 4.69) is 10.1 Å². The first-order valence-corrected chi connectivity index (χ1v) is 7.74. The van der Waals surface area contributed by atoms with E-state index in [4.69, 9.17) is 10.5 Å². The summed E-state index contributed by atoms with van der Waals surface area (Å²) in [6, 6.07) is 4.92. The molecule has 1 amide bonds. The zero-order valence-corrected chi connectivity index (χ0v) is 14.3. The van der Waals surface area contributed by atoms with Crippen molar-refractivity contribution in [3.05, 3.63) is 23.8 Å². The fourth-order valence-corrected chi connectivity index (χ4v) is 2.77. The van der Waals surface area contributed by atoms with Gasteiger partial charge in [-0.2, -0.15) is 8.78 Å². The molecule has 1 saturated carbocycles. The minimum absolute atomic E-state index is 0. The summed E-state index contributed by atoms with van der Waals surface area (Å²) in [7, 11) is 0. The van der Waals surface area contributed by atoms with Gasteiger partial charge < -0.3 is 20.5 Å². The molecular weight excluding hydrogens is 342 g/mol. The van der Waals surface area contributed by atoms with Gasteiger partial charge in [0.25, 0.3) is 0 Å². The lowest BCUT2D eigenvalue weighted by molar-refractivity contribution is -0.125. The maximum atomic E-state index is 12.6. The second kappa shape index (κ2) is 9.64. The van der Waals surface area contributed by atoms with Crippen LogP contribution in [-0.2, 0) is 11.3 Å². The highest BCUT2D eigenvalue weighted by Crippen LogP contribution is 2.33. The molecule has 1 fully saturated rings. The van der Waals surface area contributed by atoms with Gasteiger partial charge in [-0.15, -0.1) is 12.4 Å². The number of hydrogen-bond acceptors (Lipinski definition) is 4. The standard InChI is InChI=1S/C16H22F2N2O3.ClH/c1-2-22-13-5-3-4-11(14(13)23-16(17)18)9-20-15(21)10-6-7-12(19)8-10;/h3-5,10,12,16H,2,6-9,19H2,1H3,(H,20,21);1H. The average molecular weight is 365 g/mol.